The summed E-state index contributed by atoms with van der Waals surface area (Å²) in [6.45, 7) is 6.61. The lowest BCUT2D eigenvalue weighted by Gasteiger charge is -2.07. The Morgan fingerprint density at radius 1 is 0.576 bits per heavy atom. The van der Waals surface area contributed by atoms with Gasteiger partial charge >= 0.3 is 0 Å². The summed E-state index contributed by atoms with van der Waals surface area (Å²) in [5.74, 6) is 0. The average molecular weight is 489 g/mol. The minimum Gasteiger partial charge on any atom is -0.382 e. The van der Waals surface area contributed by atoms with Gasteiger partial charge in [-0.3, -0.25) is 4.18 Å². The molecule has 0 bridgehead atoms. The summed E-state index contributed by atoms with van der Waals surface area (Å²) in [6, 6.07) is 6.75. The molecular formula is C25H44O7S. The van der Waals surface area contributed by atoms with Crippen LogP contribution in [-0.2, 0) is 33.2 Å². The van der Waals surface area contributed by atoms with Crippen molar-refractivity contribution >= 4 is 10.1 Å². The van der Waals surface area contributed by atoms with Crippen LogP contribution in [0.5, 0.6) is 0 Å². The highest BCUT2D eigenvalue weighted by molar-refractivity contribution is 7.86. The number of ether oxygens (including phenoxy) is 4. The predicted octanol–water partition coefficient (Wildman–Crippen LogP) is 4.91. The SMILES string of the molecule is COCCOCCOCCOCCCCCCCCCCCOS(=O)(=O)c1ccc(C)cc1. The summed E-state index contributed by atoms with van der Waals surface area (Å²) >= 11 is 0. The van der Waals surface area contributed by atoms with Crippen LogP contribution >= 0.6 is 0 Å². The molecule has 0 aromatic heterocycles. The first-order chi connectivity index (χ1) is 16.1. The van der Waals surface area contributed by atoms with Crippen LogP contribution in [0.1, 0.15) is 63.4 Å². The Labute approximate surface area is 201 Å². The van der Waals surface area contributed by atoms with Crippen molar-refractivity contribution in [3.8, 4) is 0 Å². The second-order valence-electron chi connectivity index (χ2n) is 8.10. The van der Waals surface area contributed by atoms with Gasteiger partial charge in [0.1, 0.15) is 0 Å². The molecule has 7 nitrogen and oxygen atoms in total. The Balaban J connectivity index is 1.79. The van der Waals surface area contributed by atoms with Crippen LogP contribution in [0.2, 0.25) is 0 Å². The van der Waals surface area contributed by atoms with E-state index in [2.05, 4.69) is 0 Å². The molecule has 8 heteroatoms. The monoisotopic (exact) mass is 488 g/mol. The molecule has 0 unspecified atom stereocenters. The van der Waals surface area contributed by atoms with Crippen LogP contribution < -0.4 is 0 Å². The van der Waals surface area contributed by atoms with Gasteiger partial charge < -0.3 is 18.9 Å². The van der Waals surface area contributed by atoms with Crippen LogP contribution in [0.25, 0.3) is 0 Å². The number of hydrogen-bond donors (Lipinski definition) is 0. The van der Waals surface area contributed by atoms with Crippen molar-refractivity contribution in [1.82, 2.24) is 0 Å². The molecule has 0 aliphatic rings. The topological polar surface area (TPSA) is 80.3 Å². The van der Waals surface area contributed by atoms with Crippen LogP contribution in [0, 0.1) is 6.92 Å². The summed E-state index contributed by atoms with van der Waals surface area (Å²) in [5.41, 5.74) is 1.03. The number of unbranched alkanes of at least 4 members (excludes halogenated alkanes) is 8. The molecule has 0 atom stereocenters. The molecule has 0 radical (unpaired) electrons. The maximum Gasteiger partial charge on any atom is 0.296 e. The highest BCUT2D eigenvalue weighted by Gasteiger charge is 2.14. The number of aryl methyl sites for hydroxylation is 1. The number of rotatable bonds is 23. The summed E-state index contributed by atoms with van der Waals surface area (Å²) < 4.78 is 50.6. The first-order valence-corrected chi connectivity index (χ1v) is 13.7. The molecule has 1 rings (SSSR count). The van der Waals surface area contributed by atoms with E-state index in [4.69, 9.17) is 23.1 Å². The molecule has 0 spiro atoms. The third kappa shape index (κ3) is 17.1. The van der Waals surface area contributed by atoms with Crippen LogP contribution in [-0.4, -0.2) is 68.4 Å². The Morgan fingerprint density at radius 3 is 1.52 bits per heavy atom. The normalized spacial score (nSPS) is 11.8. The van der Waals surface area contributed by atoms with Gasteiger partial charge in [0.2, 0.25) is 0 Å². The lowest BCUT2D eigenvalue weighted by molar-refractivity contribution is 0.00323. The number of benzene rings is 1. The lowest BCUT2D eigenvalue weighted by Crippen LogP contribution is -2.11. The average Bonchev–Trinajstić information content (AvgIpc) is 2.80. The Hall–Kier alpha value is -1.03. The highest BCUT2D eigenvalue weighted by atomic mass is 32.2. The van der Waals surface area contributed by atoms with Crippen LogP contribution in [0.4, 0.5) is 0 Å². The van der Waals surface area contributed by atoms with E-state index < -0.39 is 10.1 Å². The van der Waals surface area contributed by atoms with Crippen molar-refractivity contribution < 1.29 is 31.5 Å². The smallest absolute Gasteiger partial charge is 0.296 e. The van der Waals surface area contributed by atoms with E-state index >= 15 is 0 Å². The third-order valence-electron chi connectivity index (χ3n) is 5.16. The van der Waals surface area contributed by atoms with Gasteiger partial charge in [-0.1, -0.05) is 62.6 Å². The van der Waals surface area contributed by atoms with Crippen molar-refractivity contribution in [2.45, 2.75) is 69.6 Å². The molecule has 0 amide bonds. The maximum atomic E-state index is 12.1. The van der Waals surface area contributed by atoms with Gasteiger partial charge in [-0.15, -0.1) is 0 Å². The van der Waals surface area contributed by atoms with Crippen molar-refractivity contribution in [2.24, 2.45) is 0 Å². The largest absolute Gasteiger partial charge is 0.382 e. The highest BCUT2D eigenvalue weighted by Crippen LogP contribution is 2.15. The first kappa shape index (κ1) is 30.0. The van der Waals surface area contributed by atoms with Gasteiger partial charge in [-0.25, -0.2) is 0 Å². The summed E-state index contributed by atoms with van der Waals surface area (Å²) in [5, 5.41) is 0. The van der Waals surface area contributed by atoms with Crippen LogP contribution in [0.15, 0.2) is 29.2 Å². The summed E-state index contributed by atoms with van der Waals surface area (Å²) in [7, 11) is -1.97. The molecule has 0 aliphatic carbocycles. The molecule has 1 aromatic rings. The zero-order valence-corrected chi connectivity index (χ0v) is 21.4. The molecular weight excluding hydrogens is 444 g/mol. The van der Waals surface area contributed by atoms with Gasteiger partial charge in [0.15, 0.2) is 0 Å². The van der Waals surface area contributed by atoms with Crippen molar-refractivity contribution in [1.29, 1.82) is 0 Å². The summed E-state index contributed by atoms with van der Waals surface area (Å²) in [6.07, 6.45) is 10.1. The first-order valence-electron chi connectivity index (χ1n) is 12.2. The molecule has 33 heavy (non-hydrogen) atoms. The third-order valence-corrected chi connectivity index (χ3v) is 6.48. The lowest BCUT2D eigenvalue weighted by atomic mass is 10.1. The Kier molecular flexibility index (Phi) is 18.5. The Morgan fingerprint density at radius 2 is 1.00 bits per heavy atom. The zero-order valence-electron chi connectivity index (χ0n) is 20.6. The van der Waals surface area contributed by atoms with Gasteiger partial charge in [0.25, 0.3) is 10.1 Å². The van der Waals surface area contributed by atoms with Gasteiger partial charge in [-0.05, 0) is 31.9 Å². The van der Waals surface area contributed by atoms with Gasteiger partial charge in [0, 0.05) is 13.7 Å². The predicted molar refractivity (Wildman–Crippen MR) is 130 cm³/mol. The van der Waals surface area contributed by atoms with E-state index in [-0.39, 0.29) is 11.5 Å². The fraction of sp³-hybridized carbons (Fsp3) is 0.760. The van der Waals surface area contributed by atoms with E-state index in [0.29, 0.717) is 39.6 Å². The number of methoxy groups -OCH3 is 1. The van der Waals surface area contributed by atoms with Crippen LogP contribution in [0.3, 0.4) is 0 Å². The fourth-order valence-corrected chi connectivity index (χ4v) is 4.11. The molecule has 0 aliphatic heterocycles. The molecule has 0 N–H and O–H groups in total. The van der Waals surface area contributed by atoms with E-state index in [0.717, 1.165) is 37.9 Å². The maximum absolute atomic E-state index is 12.1. The molecule has 1 aromatic carbocycles. The molecule has 0 saturated heterocycles. The molecule has 0 saturated carbocycles. The van der Waals surface area contributed by atoms with Gasteiger partial charge in [-0.2, -0.15) is 8.42 Å². The summed E-state index contributed by atoms with van der Waals surface area (Å²) in [4.78, 5) is 0.228. The molecule has 192 valence electrons. The minimum absolute atomic E-state index is 0.228. The number of hydrogen-bond acceptors (Lipinski definition) is 7. The molecule has 0 heterocycles. The Bertz CT molecular complexity index is 662. The van der Waals surface area contributed by atoms with Crippen molar-refractivity contribution in [3.05, 3.63) is 29.8 Å². The van der Waals surface area contributed by atoms with E-state index in [1.807, 2.05) is 6.92 Å². The standard InChI is InChI=1S/C25H44O7S/c1-24-12-14-25(15-13-24)33(26,27)32-17-11-9-7-5-3-4-6-8-10-16-29-20-21-31-23-22-30-19-18-28-2/h12-15H,3-11,16-23H2,1-2H3. The zero-order chi connectivity index (χ0) is 24.0. The van der Waals surface area contributed by atoms with Gasteiger partial charge in [0.05, 0.1) is 51.1 Å². The fourth-order valence-electron chi connectivity index (χ4n) is 3.17. The quantitative estimate of drug-likeness (QED) is 0.160. The van der Waals surface area contributed by atoms with E-state index in [1.54, 1.807) is 31.4 Å². The van der Waals surface area contributed by atoms with Crippen molar-refractivity contribution in [2.75, 3.05) is 60.0 Å². The van der Waals surface area contributed by atoms with E-state index in [1.165, 1.54) is 32.1 Å². The van der Waals surface area contributed by atoms with E-state index in [9.17, 15) is 8.42 Å². The van der Waals surface area contributed by atoms with Crippen molar-refractivity contribution in [3.63, 3.8) is 0 Å². The molecule has 0 fully saturated rings. The minimum atomic E-state index is -3.63. The second kappa shape index (κ2) is 20.4. The second-order valence-corrected chi connectivity index (χ2v) is 9.72.